The van der Waals surface area contributed by atoms with Crippen molar-refractivity contribution in [1.82, 2.24) is 0 Å². The summed E-state index contributed by atoms with van der Waals surface area (Å²) in [5, 5.41) is 3.36. The summed E-state index contributed by atoms with van der Waals surface area (Å²) in [6.45, 7) is 0. The summed E-state index contributed by atoms with van der Waals surface area (Å²) in [5.41, 5.74) is 6.25. The maximum atomic E-state index is 6.25. The van der Waals surface area contributed by atoms with E-state index in [1.807, 2.05) is 6.07 Å². The molecule has 1 unspecified atom stereocenters. The third-order valence-electron chi connectivity index (χ3n) is 2.60. The van der Waals surface area contributed by atoms with Gasteiger partial charge in [-0.3, -0.25) is 0 Å². The third kappa shape index (κ3) is 1.67. The normalized spacial score (nSPS) is 13.1. The largest absolute Gasteiger partial charge is 0.319 e. The van der Waals surface area contributed by atoms with Crippen molar-refractivity contribution < 1.29 is 0 Å². The van der Waals surface area contributed by atoms with Crippen LogP contribution in [0.3, 0.4) is 0 Å². The molecule has 0 aliphatic heterocycles. The molecule has 16 heavy (non-hydrogen) atoms. The Morgan fingerprint density at radius 3 is 2.62 bits per heavy atom. The molecule has 1 nitrogen and oxygen atoms in total. The Morgan fingerprint density at radius 1 is 1.00 bits per heavy atom. The van der Waals surface area contributed by atoms with E-state index in [9.17, 15) is 0 Å². The Morgan fingerprint density at radius 2 is 1.88 bits per heavy atom. The molecule has 3 heteroatoms. The highest BCUT2D eigenvalue weighted by Gasteiger charge is 2.12. The van der Waals surface area contributed by atoms with E-state index in [2.05, 4.69) is 41.8 Å². The summed E-state index contributed by atoms with van der Waals surface area (Å²) in [6, 6.07) is 14.8. The van der Waals surface area contributed by atoms with Crippen molar-refractivity contribution in [2.75, 3.05) is 0 Å². The van der Waals surface area contributed by atoms with Gasteiger partial charge in [0.15, 0.2) is 0 Å². The quantitative estimate of drug-likeness (QED) is 0.725. The lowest BCUT2D eigenvalue weighted by Crippen LogP contribution is -2.07. The van der Waals surface area contributed by atoms with Crippen LogP contribution in [-0.2, 0) is 0 Å². The van der Waals surface area contributed by atoms with Crippen molar-refractivity contribution in [2.45, 2.75) is 6.04 Å². The minimum atomic E-state index is 0.0254. The van der Waals surface area contributed by atoms with E-state index < -0.39 is 0 Å². The zero-order chi connectivity index (χ0) is 11.0. The van der Waals surface area contributed by atoms with Crippen LogP contribution in [0.5, 0.6) is 0 Å². The summed E-state index contributed by atoms with van der Waals surface area (Å²) >= 11 is 3.50. The Labute approximate surface area is 102 Å². The number of fused-ring (bicyclic) bond motifs is 1. The molecule has 3 aromatic rings. The SMILES string of the molecule is NC(c1cccs1)c1cc2ccccc2s1. The van der Waals surface area contributed by atoms with E-state index in [1.165, 1.54) is 19.8 Å². The Balaban J connectivity index is 2.06. The van der Waals surface area contributed by atoms with Gasteiger partial charge in [-0.05, 0) is 29.0 Å². The van der Waals surface area contributed by atoms with Crippen LogP contribution in [0.2, 0.25) is 0 Å². The number of benzene rings is 1. The standard InChI is InChI=1S/C13H11NS2/c14-13(11-6-3-7-15-11)12-8-9-4-1-2-5-10(9)16-12/h1-8,13H,14H2. The second-order valence-corrected chi connectivity index (χ2v) is 5.77. The minimum absolute atomic E-state index is 0.0254. The second kappa shape index (κ2) is 4.01. The lowest BCUT2D eigenvalue weighted by molar-refractivity contribution is 0.918. The average Bonchev–Trinajstić information content (AvgIpc) is 2.97. The molecular formula is C13H11NS2. The van der Waals surface area contributed by atoms with E-state index in [-0.39, 0.29) is 6.04 Å². The lowest BCUT2D eigenvalue weighted by Gasteiger charge is -2.05. The first-order valence-electron chi connectivity index (χ1n) is 5.12. The van der Waals surface area contributed by atoms with Gasteiger partial charge in [-0.1, -0.05) is 24.3 Å². The maximum Gasteiger partial charge on any atom is 0.0740 e. The van der Waals surface area contributed by atoms with Gasteiger partial charge in [0, 0.05) is 14.5 Å². The zero-order valence-corrected chi connectivity index (χ0v) is 10.2. The van der Waals surface area contributed by atoms with Crippen LogP contribution in [0.4, 0.5) is 0 Å². The molecule has 2 heterocycles. The first kappa shape index (κ1) is 10.0. The minimum Gasteiger partial charge on any atom is -0.319 e. The van der Waals surface area contributed by atoms with Gasteiger partial charge in [-0.25, -0.2) is 0 Å². The molecule has 0 spiro atoms. The maximum absolute atomic E-state index is 6.25. The van der Waals surface area contributed by atoms with Crippen molar-refractivity contribution >= 4 is 32.8 Å². The van der Waals surface area contributed by atoms with Crippen molar-refractivity contribution in [3.63, 3.8) is 0 Å². The predicted molar refractivity (Wildman–Crippen MR) is 72.2 cm³/mol. The van der Waals surface area contributed by atoms with Crippen LogP contribution in [0, 0.1) is 0 Å². The number of rotatable bonds is 2. The van der Waals surface area contributed by atoms with Crippen LogP contribution in [0.25, 0.3) is 10.1 Å². The van der Waals surface area contributed by atoms with Crippen molar-refractivity contribution in [3.8, 4) is 0 Å². The van der Waals surface area contributed by atoms with Gasteiger partial charge in [0.2, 0.25) is 0 Å². The van der Waals surface area contributed by atoms with Crippen molar-refractivity contribution in [1.29, 1.82) is 0 Å². The van der Waals surface area contributed by atoms with E-state index in [0.29, 0.717) is 0 Å². The van der Waals surface area contributed by atoms with Gasteiger partial charge < -0.3 is 5.73 Å². The summed E-state index contributed by atoms with van der Waals surface area (Å²) in [6.07, 6.45) is 0. The van der Waals surface area contributed by atoms with Crippen LogP contribution in [0.1, 0.15) is 15.8 Å². The predicted octanol–water partition coefficient (Wildman–Crippen LogP) is 4.01. The highest BCUT2D eigenvalue weighted by atomic mass is 32.1. The summed E-state index contributed by atoms with van der Waals surface area (Å²) < 4.78 is 1.31. The summed E-state index contributed by atoms with van der Waals surface area (Å²) in [5.74, 6) is 0. The summed E-state index contributed by atoms with van der Waals surface area (Å²) in [4.78, 5) is 2.47. The molecular weight excluding hydrogens is 234 g/mol. The van der Waals surface area contributed by atoms with Gasteiger partial charge in [-0.15, -0.1) is 22.7 Å². The van der Waals surface area contributed by atoms with Crippen LogP contribution in [-0.4, -0.2) is 0 Å². The molecule has 3 rings (SSSR count). The van der Waals surface area contributed by atoms with Crippen LogP contribution in [0.15, 0.2) is 47.8 Å². The molecule has 1 atom stereocenters. The molecule has 0 aliphatic carbocycles. The molecule has 80 valence electrons. The average molecular weight is 245 g/mol. The Bertz CT molecular complexity index is 562. The molecule has 0 amide bonds. The van der Waals surface area contributed by atoms with Gasteiger partial charge in [0.05, 0.1) is 6.04 Å². The molecule has 0 saturated heterocycles. The van der Waals surface area contributed by atoms with Crippen molar-refractivity contribution in [3.05, 3.63) is 57.6 Å². The number of hydrogen-bond donors (Lipinski definition) is 1. The second-order valence-electron chi connectivity index (χ2n) is 3.68. The first-order chi connectivity index (χ1) is 7.84. The number of nitrogens with two attached hydrogens (primary N) is 1. The highest BCUT2D eigenvalue weighted by molar-refractivity contribution is 7.19. The van der Waals surface area contributed by atoms with Gasteiger partial charge in [0.25, 0.3) is 0 Å². The molecule has 0 fully saturated rings. The Hall–Kier alpha value is -1.16. The third-order valence-corrected chi connectivity index (χ3v) is 4.76. The fraction of sp³-hybridized carbons (Fsp3) is 0.0769. The molecule has 0 radical (unpaired) electrons. The Kier molecular flexibility index (Phi) is 2.52. The fourth-order valence-corrected chi connectivity index (χ4v) is 3.67. The number of hydrogen-bond acceptors (Lipinski definition) is 3. The summed E-state index contributed by atoms with van der Waals surface area (Å²) in [7, 11) is 0. The topological polar surface area (TPSA) is 26.0 Å². The smallest absolute Gasteiger partial charge is 0.0740 e. The molecule has 2 N–H and O–H groups in total. The van der Waals surface area contributed by atoms with E-state index in [4.69, 9.17) is 5.73 Å². The molecule has 1 aromatic carbocycles. The van der Waals surface area contributed by atoms with Gasteiger partial charge in [-0.2, -0.15) is 0 Å². The van der Waals surface area contributed by atoms with E-state index in [0.717, 1.165) is 0 Å². The number of thiophene rings is 2. The lowest BCUT2D eigenvalue weighted by atomic mass is 10.2. The van der Waals surface area contributed by atoms with Gasteiger partial charge in [0.1, 0.15) is 0 Å². The molecule has 0 bridgehead atoms. The molecule has 2 aromatic heterocycles. The monoisotopic (exact) mass is 245 g/mol. The van der Waals surface area contributed by atoms with Gasteiger partial charge >= 0.3 is 0 Å². The zero-order valence-electron chi connectivity index (χ0n) is 8.59. The van der Waals surface area contributed by atoms with E-state index in [1.54, 1.807) is 22.7 Å². The highest BCUT2D eigenvalue weighted by Crippen LogP contribution is 2.33. The molecule has 0 aliphatic rings. The first-order valence-corrected chi connectivity index (χ1v) is 6.81. The molecule has 0 saturated carbocycles. The van der Waals surface area contributed by atoms with Crippen molar-refractivity contribution in [2.24, 2.45) is 5.73 Å². The van der Waals surface area contributed by atoms with E-state index >= 15 is 0 Å². The van der Waals surface area contributed by atoms with Crippen LogP contribution < -0.4 is 5.73 Å². The van der Waals surface area contributed by atoms with Crippen LogP contribution >= 0.6 is 22.7 Å². The fourth-order valence-electron chi connectivity index (χ4n) is 1.76.